The summed E-state index contributed by atoms with van der Waals surface area (Å²) in [4.78, 5) is 2.78. The van der Waals surface area contributed by atoms with Gasteiger partial charge in [0.15, 0.2) is 0 Å². The fourth-order valence-corrected chi connectivity index (χ4v) is 4.75. The molecule has 2 nitrogen and oxygen atoms in total. The first kappa shape index (κ1) is 13.9. The van der Waals surface area contributed by atoms with Gasteiger partial charge in [-0.2, -0.15) is 0 Å². The van der Waals surface area contributed by atoms with Gasteiger partial charge in [0.1, 0.15) is 0 Å². The maximum absolute atomic E-state index is 3.71. The third-order valence-electron chi connectivity index (χ3n) is 6.18. The number of likely N-dealkylation sites (tertiary alicyclic amines) is 1. The second kappa shape index (κ2) is 6.13. The van der Waals surface area contributed by atoms with Crippen molar-refractivity contribution in [3.63, 3.8) is 0 Å². The molecule has 19 heavy (non-hydrogen) atoms. The molecule has 1 saturated carbocycles. The molecule has 0 aromatic rings. The second-order valence-corrected chi connectivity index (χ2v) is 7.47. The lowest BCUT2D eigenvalue weighted by Gasteiger charge is -2.43. The van der Waals surface area contributed by atoms with E-state index < -0.39 is 0 Å². The summed E-state index contributed by atoms with van der Waals surface area (Å²) in [5, 5.41) is 3.71. The van der Waals surface area contributed by atoms with Crippen molar-refractivity contribution < 1.29 is 0 Å². The van der Waals surface area contributed by atoms with E-state index >= 15 is 0 Å². The average molecular weight is 264 g/mol. The topological polar surface area (TPSA) is 15.3 Å². The van der Waals surface area contributed by atoms with Crippen LogP contribution < -0.4 is 5.32 Å². The van der Waals surface area contributed by atoms with Crippen molar-refractivity contribution in [2.24, 2.45) is 5.41 Å². The smallest absolute Gasteiger partial charge is 0.00818 e. The summed E-state index contributed by atoms with van der Waals surface area (Å²) < 4.78 is 0. The molecule has 0 aromatic carbocycles. The van der Waals surface area contributed by atoms with Gasteiger partial charge in [0, 0.05) is 12.1 Å². The van der Waals surface area contributed by atoms with Gasteiger partial charge < -0.3 is 10.2 Å². The van der Waals surface area contributed by atoms with Crippen molar-refractivity contribution in [1.29, 1.82) is 0 Å². The predicted molar refractivity (Wildman–Crippen MR) is 81.4 cm³/mol. The van der Waals surface area contributed by atoms with Crippen LogP contribution in [-0.2, 0) is 0 Å². The molecule has 3 rings (SSSR count). The molecule has 0 aromatic heterocycles. The molecule has 1 spiro atoms. The first-order valence-corrected chi connectivity index (χ1v) is 8.75. The van der Waals surface area contributed by atoms with E-state index in [-0.39, 0.29) is 0 Å². The quantitative estimate of drug-likeness (QED) is 0.838. The van der Waals surface area contributed by atoms with Crippen LogP contribution >= 0.6 is 0 Å². The monoisotopic (exact) mass is 264 g/mol. The number of rotatable bonds is 3. The SMILES string of the molecule is CC(CC1CCCCN1)N1CCC2(CCCC2)CC1. The van der Waals surface area contributed by atoms with Gasteiger partial charge in [-0.25, -0.2) is 0 Å². The van der Waals surface area contributed by atoms with Gasteiger partial charge in [0.05, 0.1) is 0 Å². The van der Waals surface area contributed by atoms with Crippen molar-refractivity contribution in [1.82, 2.24) is 10.2 Å². The maximum Gasteiger partial charge on any atom is 0.00818 e. The van der Waals surface area contributed by atoms with E-state index in [1.54, 1.807) is 0 Å². The summed E-state index contributed by atoms with van der Waals surface area (Å²) in [7, 11) is 0. The summed E-state index contributed by atoms with van der Waals surface area (Å²) in [5.74, 6) is 0. The largest absolute Gasteiger partial charge is 0.314 e. The molecule has 2 heteroatoms. The van der Waals surface area contributed by atoms with Crippen LogP contribution in [0.1, 0.15) is 71.1 Å². The fourth-order valence-electron chi connectivity index (χ4n) is 4.75. The lowest BCUT2D eigenvalue weighted by Crippen LogP contribution is -2.46. The van der Waals surface area contributed by atoms with Crippen molar-refractivity contribution in [2.45, 2.75) is 83.2 Å². The molecule has 3 aliphatic rings. The molecular weight excluding hydrogens is 232 g/mol. The average Bonchev–Trinajstić information content (AvgIpc) is 2.89. The molecule has 110 valence electrons. The lowest BCUT2D eigenvalue weighted by molar-refractivity contribution is 0.0734. The van der Waals surface area contributed by atoms with Crippen molar-refractivity contribution >= 4 is 0 Å². The molecule has 2 saturated heterocycles. The van der Waals surface area contributed by atoms with Gasteiger partial charge >= 0.3 is 0 Å². The lowest BCUT2D eigenvalue weighted by atomic mass is 9.76. The zero-order chi connectivity index (χ0) is 13.1. The van der Waals surface area contributed by atoms with E-state index in [9.17, 15) is 0 Å². The zero-order valence-corrected chi connectivity index (χ0v) is 12.8. The van der Waals surface area contributed by atoms with Crippen LogP contribution in [0.5, 0.6) is 0 Å². The van der Waals surface area contributed by atoms with Crippen LogP contribution in [0.15, 0.2) is 0 Å². The Morgan fingerprint density at radius 1 is 1.05 bits per heavy atom. The summed E-state index contributed by atoms with van der Waals surface area (Å²) >= 11 is 0. The fraction of sp³-hybridized carbons (Fsp3) is 1.00. The van der Waals surface area contributed by atoms with Crippen LogP contribution in [0.25, 0.3) is 0 Å². The van der Waals surface area contributed by atoms with Crippen LogP contribution in [0.2, 0.25) is 0 Å². The molecule has 2 aliphatic heterocycles. The van der Waals surface area contributed by atoms with Gasteiger partial charge in [-0.05, 0) is 76.9 Å². The molecular formula is C17H32N2. The number of hydrogen-bond acceptors (Lipinski definition) is 2. The summed E-state index contributed by atoms with van der Waals surface area (Å²) in [6.07, 6.45) is 14.6. The van der Waals surface area contributed by atoms with E-state index in [0.717, 1.165) is 17.5 Å². The molecule has 2 heterocycles. The van der Waals surface area contributed by atoms with Gasteiger partial charge in [0.25, 0.3) is 0 Å². The normalized spacial score (nSPS) is 33.6. The zero-order valence-electron chi connectivity index (χ0n) is 12.8. The van der Waals surface area contributed by atoms with E-state index in [1.165, 1.54) is 83.8 Å². The van der Waals surface area contributed by atoms with Crippen LogP contribution in [0, 0.1) is 5.41 Å². The number of nitrogens with one attached hydrogen (secondary N) is 1. The van der Waals surface area contributed by atoms with E-state index in [4.69, 9.17) is 0 Å². The highest BCUT2D eigenvalue weighted by Gasteiger charge is 2.37. The first-order chi connectivity index (χ1) is 9.27. The Bertz CT molecular complexity index is 267. The Balaban J connectivity index is 1.44. The molecule has 1 N–H and O–H groups in total. The second-order valence-electron chi connectivity index (χ2n) is 7.47. The third-order valence-corrected chi connectivity index (χ3v) is 6.18. The third kappa shape index (κ3) is 3.33. The van der Waals surface area contributed by atoms with Crippen molar-refractivity contribution in [3.05, 3.63) is 0 Å². The van der Waals surface area contributed by atoms with Gasteiger partial charge in [-0.1, -0.05) is 19.3 Å². The minimum absolute atomic E-state index is 0.777. The maximum atomic E-state index is 3.71. The Morgan fingerprint density at radius 3 is 2.42 bits per heavy atom. The highest BCUT2D eigenvalue weighted by molar-refractivity contribution is 4.91. The Morgan fingerprint density at radius 2 is 1.79 bits per heavy atom. The van der Waals surface area contributed by atoms with Crippen LogP contribution in [-0.4, -0.2) is 36.6 Å². The number of nitrogens with zero attached hydrogens (tertiary/aromatic N) is 1. The molecule has 2 atom stereocenters. The molecule has 3 fully saturated rings. The van der Waals surface area contributed by atoms with Gasteiger partial charge in [-0.3, -0.25) is 0 Å². The minimum atomic E-state index is 0.777. The van der Waals surface area contributed by atoms with Gasteiger partial charge in [0.2, 0.25) is 0 Å². The number of hydrogen-bond donors (Lipinski definition) is 1. The number of piperidine rings is 2. The van der Waals surface area contributed by atoms with E-state index in [2.05, 4.69) is 17.1 Å². The Kier molecular flexibility index (Phi) is 4.48. The Hall–Kier alpha value is -0.0800. The molecule has 2 unspecified atom stereocenters. The van der Waals surface area contributed by atoms with Crippen LogP contribution in [0.4, 0.5) is 0 Å². The summed E-state index contributed by atoms with van der Waals surface area (Å²) in [5.41, 5.74) is 0.777. The molecule has 0 bridgehead atoms. The highest BCUT2D eigenvalue weighted by Crippen LogP contribution is 2.46. The molecule has 1 aliphatic carbocycles. The summed E-state index contributed by atoms with van der Waals surface area (Å²) in [6, 6.07) is 1.58. The predicted octanol–water partition coefficient (Wildman–Crippen LogP) is 3.56. The van der Waals surface area contributed by atoms with Gasteiger partial charge in [-0.15, -0.1) is 0 Å². The van der Waals surface area contributed by atoms with Crippen LogP contribution in [0.3, 0.4) is 0 Å². The summed E-state index contributed by atoms with van der Waals surface area (Å²) in [6.45, 7) is 6.45. The molecule has 0 radical (unpaired) electrons. The first-order valence-electron chi connectivity index (χ1n) is 8.75. The standard InChI is InChI=1S/C17H32N2/c1-15(14-16-6-2-5-11-18-16)19-12-9-17(10-13-19)7-3-4-8-17/h15-16,18H,2-14H2,1H3. The van der Waals surface area contributed by atoms with E-state index in [0.29, 0.717) is 0 Å². The van der Waals surface area contributed by atoms with E-state index in [1.807, 2.05) is 0 Å². The molecule has 0 amide bonds. The highest BCUT2D eigenvalue weighted by atomic mass is 15.2. The van der Waals surface area contributed by atoms with Crippen molar-refractivity contribution in [3.8, 4) is 0 Å². The van der Waals surface area contributed by atoms with Crippen molar-refractivity contribution in [2.75, 3.05) is 19.6 Å². The Labute approximate surface area is 119 Å². The minimum Gasteiger partial charge on any atom is -0.314 e.